The number of carbonyl (C=O) groups excluding carboxylic acids is 1. The molecule has 0 radical (unpaired) electrons. The number of fused-ring (bicyclic) bond motifs is 1. The average molecular weight is 470 g/mol. The molecule has 4 rings (SSSR count). The van der Waals surface area contributed by atoms with Crippen molar-refractivity contribution in [1.29, 1.82) is 0 Å². The Morgan fingerprint density at radius 2 is 1.88 bits per heavy atom. The Morgan fingerprint density at radius 3 is 2.62 bits per heavy atom. The summed E-state index contributed by atoms with van der Waals surface area (Å²) in [4.78, 5) is 21.2. The molecule has 0 fully saturated rings. The molecule has 0 aliphatic rings. The molecule has 0 aliphatic heterocycles. The zero-order valence-electron chi connectivity index (χ0n) is 17.6. The maximum atomic E-state index is 13.0. The summed E-state index contributed by atoms with van der Waals surface area (Å²) in [5.41, 5.74) is 4.71. The lowest BCUT2D eigenvalue weighted by atomic mass is 10.0. The van der Waals surface area contributed by atoms with Gasteiger partial charge >= 0.3 is 0 Å². The number of aryl methyl sites for hydroxylation is 2. The number of nitrogens with zero attached hydrogens (tertiary/aromatic N) is 4. The Balaban J connectivity index is 1.44. The molecule has 0 atom stereocenters. The summed E-state index contributed by atoms with van der Waals surface area (Å²) in [6.07, 6.45) is 0.647. The number of thioether (sulfide) groups is 1. The predicted molar refractivity (Wildman–Crippen MR) is 123 cm³/mol. The number of nitrogens with one attached hydrogen (secondary N) is 1. The van der Waals surface area contributed by atoms with E-state index in [1.807, 2.05) is 38.1 Å². The summed E-state index contributed by atoms with van der Waals surface area (Å²) >= 11 is 7.57. The summed E-state index contributed by atoms with van der Waals surface area (Å²) in [6, 6.07) is 13.8. The van der Waals surface area contributed by atoms with Crippen molar-refractivity contribution in [3.8, 4) is 0 Å². The van der Waals surface area contributed by atoms with Gasteiger partial charge in [0, 0.05) is 29.4 Å². The van der Waals surface area contributed by atoms with E-state index in [-0.39, 0.29) is 17.5 Å². The second-order valence-corrected chi connectivity index (χ2v) is 8.68. The Hall–Kier alpha value is -2.97. The van der Waals surface area contributed by atoms with Crippen LogP contribution in [-0.2, 0) is 17.8 Å². The monoisotopic (exact) mass is 469 g/mol. The molecule has 9 heteroatoms. The van der Waals surface area contributed by atoms with Crippen molar-refractivity contribution in [2.75, 3.05) is 5.75 Å². The number of aromatic nitrogens is 4. The molecule has 0 bridgehead atoms. The summed E-state index contributed by atoms with van der Waals surface area (Å²) < 4.78 is 14.7. The van der Waals surface area contributed by atoms with Gasteiger partial charge < -0.3 is 5.32 Å². The van der Waals surface area contributed by atoms with E-state index in [2.05, 4.69) is 20.4 Å². The van der Waals surface area contributed by atoms with Crippen LogP contribution in [0, 0.1) is 19.7 Å². The van der Waals surface area contributed by atoms with E-state index >= 15 is 0 Å². The molecule has 0 unspecified atom stereocenters. The molecule has 1 N–H and O–H groups in total. The lowest BCUT2D eigenvalue weighted by Gasteiger charge is -2.11. The van der Waals surface area contributed by atoms with Gasteiger partial charge in [-0.15, -0.1) is 5.10 Å². The maximum Gasteiger partial charge on any atom is 0.253 e. The smallest absolute Gasteiger partial charge is 0.253 e. The van der Waals surface area contributed by atoms with Crippen LogP contribution in [0.3, 0.4) is 0 Å². The first-order valence-electron chi connectivity index (χ1n) is 10.0. The SMILES string of the molecule is Cc1nc2nc(SCC(=O)NCc3ccc(F)cc3)nn2c(C)c1Cc1ccccc1Cl. The van der Waals surface area contributed by atoms with Gasteiger partial charge in [0.1, 0.15) is 5.82 Å². The first-order chi connectivity index (χ1) is 15.4. The second kappa shape index (κ2) is 9.67. The molecule has 0 aliphatic carbocycles. The number of hydrogen-bond donors (Lipinski definition) is 1. The minimum absolute atomic E-state index is 0.154. The highest BCUT2D eigenvalue weighted by Crippen LogP contribution is 2.24. The summed E-state index contributed by atoms with van der Waals surface area (Å²) in [6.45, 7) is 4.26. The van der Waals surface area contributed by atoms with E-state index < -0.39 is 0 Å². The van der Waals surface area contributed by atoms with E-state index in [1.165, 1.54) is 23.9 Å². The normalized spacial score (nSPS) is 11.1. The largest absolute Gasteiger partial charge is 0.351 e. The number of hydrogen-bond acceptors (Lipinski definition) is 5. The van der Waals surface area contributed by atoms with E-state index in [0.29, 0.717) is 28.9 Å². The van der Waals surface area contributed by atoms with Gasteiger partial charge in [-0.2, -0.15) is 4.98 Å². The van der Waals surface area contributed by atoms with Gasteiger partial charge in [-0.3, -0.25) is 4.79 Å². The van der Waals surface area contributed by atoms with Gasteiger partial charge in [-0.05, 0) is 48.7 Å². The van der Waals surface area contributed by atoms with Crippen LogP contribution in [-0.4, -0.2) is 31.2 Å². The molecule has 164 valence electrons. The molecule has 4 aromatic rings. The quantitative estimate of drug-likeness (QED) is 0.402. The lowest BCUT2D eigenvalue weighted by molar-refractivity contribution is -0.118. The molecule has 6 nitrogen and oxygen atoms in total. The highest BCUT2D eigenvalue weighted by Gasteiger charge is 2.16. The third-order valence-electron chi connectivity index (χ3n) is 5.09. The molecule has 0 spiro atoms. The summed E-state index contributed by atoms with van der Waals surface area (Å²) in [5, 5.41) is 8.54. The van der Waals surface area contributed by atoms with Crippen molar-refractivity contribution in [3.05, 3.63) is 87.4 Å². The van der Waals surface area contributed by atoms with Crippen LogP contribution in [0.4, 0.5) is 4.39 Å². The fraction of sp³-hybridized carbons (Fsp3) is 0.217. The Morgan fingerprint density at radius 1 is 1.12 bits per heavy atom. The third kappa shape index (κ3) is 5.08. The van der Waals surface area contributed by atoms with Crippen LogP contribution in [0.5, 0.6) is 0 Å². The highest BCUT2D eigenvalue weighted by molar-refractivity contribution is 7.99. The third-order valence-corrected chi connectivity index (χ3v) is 6.30. The van der Waals surface area contributed by atoms with E-state index in [1.54, 1.807) is 16.6 Å². The van der Waals surface area contributed by atoms with Crippen LogP contribution in [0.1, 0.15) is 28.1 Å². The number of rotatable bonds is 7. The van der Waals surface area contributed by atoms with Crippen molar-refractivity contribution >= 4 is 35.0 Å². The Kier molecular flexibility index (Phi) is 6.72. The molecule has 2 aromatic carbocycles. The molecular formula is C23H21ClFN5OS. The fourth-order valence-corrected chi connectivity index (χ4v) is 4.17. The minimum Gasteiger partial charge on any atom is -0.351 e. The van der Waals surface area contributed by atoms with Crippen molar-refractivity contribution in [2.24, 2.45) is 0 Å². The molecule has 2 heterocycles. The van der Waals surface area contributed by atoms with Gasteiger partial charge in [0.2, 0.25) is 11.1 Å². The minimum atomic E-state index is -0.303. The van der Waals surface area contributed by atoms with Gasteiger partial charge in [-0.1, -0.05) is 53.7 Å². The topological polar surface area (TPSA) is 72.2 Å². The zero-order valence-corrected chi connectivity index (χ0v) is 19.2. The Bertz CT molecular complexity index is 1280. The van der Waals surface area contributed by atoms with Gasteiger partial charge in [0.25, 0.3) is 5.78 Å². The summed E-state index contributed by atoms with van der Waals surface area (Å²) in [7, 11) is 0. The molecule has 32 heavy (non-hydrogen) atoms. The lowest BCUT2D eigenvalue weighted by Crippen LogP contribution is -2.24. The number of carbonyl (C=O) groups is 1. The second-order valence-electron chi connectivity index (χ2n) is 7.33. The van der Waals surface area contributed by atoms with Crippen LogP contribution >= 0.6 is 23.4 Å². The molecule has 1 amide bonds. The fourth-order valence-electron chi connectivity index (χ4n) is 3.32. The van der Waals surface area contributed by atoms with E-state index in [4.69, 9.17) is 11.6 Å². The first-order valence-corrected chi connectivity index (χ1v) is 11.4. The number of amides is 1. The van der Waals surface area contributed by atoms with E-state index in [0.717, 1.165) is 28.1 Å². The first kappa shape index (κ1) is 22.2. The Labute approximate surface area is 194 Å². The highest BCUT2D eigenvalue weighted by atomic mass is 35.5. The van der Waals surface area contributed by atoms with Crippen LogP contribution < -0.4 is 5.32 Å². The van der Waals surface area contributed by atoms with Crippen molar-refractivity contribution in [1.82, 2.24) is 24.9 Å². The molecule has 0 saturated heterocycles. The predicted octanol–water partition coefficient (Wildman–Crippen LogP) is 4.53. The van der Waals surface area contributed by atoms with E-state index in [9.17, 15) is 9.18 Å². The van der Waals surface area contributed by atoms with Gasteiger partial charge in [-0.25, -0.2) is 13.9 Å². The zero-order chi connectivity index (χ0) is 22.7. The van der Waals surface area contributed by atoms with Gasteiger partial charge in [0.05, 0.1) is 5.75 Å². The molecule has 2 aromatic heterocycles. The standard InChI is InChI=1S/C23H21ClFN5OS/c1-14-19(11-17-5-3-4-6-20(17)24)15(2)30-22(27-14)28-23(29-30)32-13-21(31)26-12-16-7-9-18(25)10-8-16/h3-10H,11-13H2,1-2H3,(H,26,31). The van der Waals surface area contributed by atoms with Crippen LogP contribution in [0.15, 0.2) is 53.7 Å². The van der Waals surface area contributed by atoms with Crippen molar-refractivity contribution in [3.63, 3.8) is 0 Å². The summed E-state index contributed by atoms with van der Waals surface area (Å²) in [5.74, 6) is 0.209. The van der Waals surface area contributed by atoms with Crippen molar-refractivity contribution in [2.45, 2.75) is 32.0 Å². The van der Waals surface area contributed by atoms with Crippen LogP contribution in [0.25, 0.3) is 5.78 Å². The van der Waals surface area contributed by atoms with Crippen molar-refractivity contribution < 1.29 is 9.18 Å². The number of benzene rings is 2. The average Bonchev–Trinajstić information content (AvgIpc) is 3.19. The molecular weight excluding hydrogens is 449 g/mol. The van der Waals surface area contributed by atoms with Gasteiger partial charge in [0.15, 0.2) is 0 Å². The van der Waals surface area contributed by atoms with Crippen LogP contribution in [0.2, 0.25) is 5.02 Å². The molecule has 0 saturated carbocycles. The maximum absolute atomic E-state index is 13.0. The number of halogens is 2.